The Kier molecular flexibility index (Phi) is 19.8. The van der Waals surface area contributed by atoms with Crippen LogP contribution in [0.2, 0.25) is 0 Å². The minimum absolute atomic E-state index is 0. The summed E-state index contributed by atoms with van der Waals surface area (Å²) in [5, 5.41) is 8.04. The lowest BCUT2D eigenvalue weighted by atomic mass is 10.3. The summed E-state index contributed by atoms with van der Waals surface area (Å²) in [6.07, 6.45) is 2.08. The maximum absolute atomic E-state index is 9.76. The van der Waals surface area contributed by atoms with Gasteiger partial charge in [-0.15, -0.1) is 0 Å². The lowest BCUT2D eigenvalue weighted by Gasteiger charge is -1.85. The Bertz CT molecular complexity index is 65.2. The Balaban J connectivity index is -0.000000180. The molecule has 0 aromatic rings. The topological polar surface area (TPSA) is 68.8 Å². The van der Waals surface area contributed by atoms with Gasteiger partial charge in [0.1, 0.15) is 0 Å². The van der Waals surface area contributed by atoms with Crippen molar-refractivity contribution < 1.29 is 15.4 Å². The Labute approximate surface area is 70.9 Å². The van der Waals surface area contributed by atoms with Crippen LogP contribution in [0.25, 0.3) is 0 Å². The van der Waals surface area contributed by atoms with E-state index < -0.39 is 5.97 Å². The highest BCUT2D eigenvalue weighted by molar-refractivity contribution is 5.75. The summed E-state index contributed by atoms with van der Waals surface area (Å²) < 4.78 is 0. The largest absolute Gasteiger partial charge is 0.481 e. The van der Waals surface area contributed by atoms with Crippen molar-refractivity contribution in [3.05, 3.63) is 0 Å². The summed E-state index contributed by atoms with van der Waals surface area (Å²) in [6, 6.07) is 0. The molecule has 0 aliphatic rings. The highest BCUT2D eigenvalue weighted by Gasteiger charge is 1.90. The van der Waals surface area contributed by atoms with Crippen LogP contribution in [0.5, 0.6) is 0 Å². The number of carbonyl (C=O) groups is 1. The third-order valence-electron chi connectivity index (χ3n) is 0.744. The van der Waals surface area contributed by atoms with E-state index in [0.717, 1.165) is 12.8 Å². The van der Waals surface area contributed by atoms with Crippen LogP contribution in [-0.2, 0) is 4.79 Å². The van der Waals surface area contributed by atoms with Gasteiger partial charge in [0.2, 0.25) is 0 Å². The fourth-order valence-electron chi connectivity index (χ4n) is 0.328. The van der Waals surface area contributed by atoms with E-state index in [1.165, 1.54) is 0 Å². The molecular weight excluding hydrogens is 132 g/mol. The van der Waals surface area contributed by atoms with Gasteiger partial charge in [-0.3, -0.25) is 4.79 Å². The molecule has 0 fully saturated rings. The summed E-state index contributed by atoms with van der Waals surface area (Å²) in [5.74, 6) is -0.693. The second-order valence-electron chi connectivity index (χ2n) is 1.50. The van der Waals surface area contributed by atoms with Crippen LogP contribution in [0.15, 0.2) is 0 Å². The van der Waals surface area contributed by atoms with Crippen LogP contribution >= 0.6 is 0 Å². The van der Waals surface area contributed by atoms with Gasteiger partial charge >= 0.3 is 29.0 Å². The van der Waals surface area contributed by atoms with Crippen LogP contribution < -0.4 is 0 Å². The summed E-state index contributed by atoms with van der Waals surface area (Å²) in [4.78, 5) is 9.76. The average Bonchev–Trinajstić information content (AvgIpc) is 1.61. The van der Waals surface area contributed by atoms with Crippen LogP contribution in [0.4, 0.5) is 0 Å². The number of hydrogen-bond acceptors (Lipinski definition) is 1. The van der Waals surface area contributed by atoms with E-state index in [2.05, 4.69) is 0 Å². The molecule has 0 aliphatic carbocycles. The Morgan fingerprint density at radius 3 is 2.11 bits per heavy atom. The summed E-state index contributed by atoms with van der Waals surface area (Å²) in [6.45, 7) is 1.98. The summed E-state index contributed by atoms with van der Waals surface area (Å²) in [5.41, 5.74) is 0. The van der Waals surface area contributed by atoms with Gasteiger partial charge in [-0.1, -0.05) is 13.3 Å². The normalized spacial score (nSPS) is 6.78. The number of carboxylic acids is 1. The van der Waals surface area contributed by atoms with Gasteiger partial charge in [0.05, 0.1) is 0 Å². The molecule has 3 nitrogen and oxygen atoms in total. The van der Waals surface area contributed by atoms with Crippen molar-refractivity contribution in [3.8, 4) is 0 Å². The van der Waals surface area contributed by atoms with Crippen LogP contribution in [0.1, 0.15) is 26.2 Å². The Morgan fingerprint density at radius 2 is 2.00 bits per heavy atom. The standard InChI is InChI=1S/C5H10O2.Mg.H2O.2H/c1-2-3-4-5(6)7;;;;/h2-4H2,1H3,(H,6,7);;1H2;;. The minimum atomic E-state index is -0.693. The SMILES string of the molecule is CCCCC(=O)O.O.[MgH2]. The highest BCUT2D eigenvalue weighted by atomic mass is 24.3. The molecule has 0 heterocycles. The van der Waals surface area contributed by atoms with Crippen molar-refractivity contribution in [3.63, 3.8) is 0 Å². The molecule has 0 amide bonds. The van der Waals surface area contributed by atoms with E-state index in [0.29, 0.717) is 6.42 Å². The lowest BCUT2D eigenvalue weighted by molar-refractivity contribution is -0.137. The van der Waals surface area contributed by atoms with Gasteiger partial charge in [0.25, 0.3) is 0 Å². The number of aliphatic carboxylic acids is 1. The predicted molar refractivity (Wildman–Crippen MR) is 39.3 cm³/mol. The molecule has 54 valence electrons. The van der Waals surface area contributed by atoms with E-state index in [1.54, 1.807) is 0 Å². The predicted octanol–water partition coefficient (Wildman–Crippen LogP) is -0.480. The van der Waals surface area contributed by atoms with Crippen molar-refractivity contribution >= 4 is 29.0 Å². The average molecular weight is 146 g/mol. The zero-order chi connectivity index (χ0) is 5.70. The molecule has 0 saturated heterocycles. The zero-order valence-corrected chi connectivity index (χ0v) is 4.98. The van der Waals surface area contributed by atoms with Crippen molar-refractivity contribution in [2.45, 2.75) is 26.2 Å². The van der Waals surface area contributed by atoms with Gasteiger partial charge in [0, 0.05) is 6.42 Å². The third kappa shape index (κ3) is 17.9. The van der Waals surface area contributed by atoms with Crippen molar-refractivity contribution in [2.24, 2.45) is 0 Å². The molecule has 9 heavy (non-hydrogen) atoms. The maximum atomic E-state index is 9.76. The van der Waals surface area contributed by atoms with Gasteiger partial charge in [-0.2, -0.15) is 0 Å². The molecule has 0 unspecified atom stereocenters. The van der Waals surface area contributed by atoms with Crippen molar-refractivity contribution in [2.75, 3.05) is 0 Å². The fraction of sp³-hybridized carbons (Fsp3) is 0.800. The lowest BCUT2D eigenvalue weighted by Crippen LogP contribution is -1.91. The molecule has 0 spiro atoms. The van der Waals surface area contributed by atoms with E-state index in [1.807, 2.05) is 6.92 Å². The number of unbranched alkanes of at least 4 members (excludes halogenated alkanes) is 1. The van der Waals surface area contributed by atoms with Gasteiger partial charge in [-0.25, -0.2) is 0 Å². The second kappa shape index (κ2) is 11.1. The van der Waals surface area contributed by atoms with Crippen LogP contribution in [0.3, 0.4) is 0 Å². The van der Waals surface area contributed by atoms with Crippen LogP contribution in [-0.4, -0.2) is 39.6 Å². The molecule has 4 heteroatoms. The van der Waals surface area contributed by atoms with E-state index in [4.69, 9.17) is 5.11 Å². The quantitative estimate of drug-likeness (QED) is 0.547. The monoisotopic (exact) mass is 146 g/mol. The summed E-state index contributed by atoms with van der Waals surface area (Å²) in [7, 11) is 0. The van der Waals surface area contributed by atoms with Gasteiger partial charge in [0.15, 0.2) is 0 Å². The third-order valence-corrected chi connectivity index (χ3v) is 0.744. The molecule has 0 saturated carbocycles. The Hall–Kier alpha value is 0.196. The number of carboxylic acid groups (broad SMARTS) is 1. The van der Waals surface area contributed by atoms with E-state index in [-0.39, 0.29) is 28.5 Å². The smallest absolute Gasteiger partial charge is 0.316 e. The summed E-state index contributed by atoms with van der Waals surface area (Å²) >= 11 is 0. The molecule has 0 aromatic carbocycles. The first-order chi connectivity index (χ1) is 3.27. The molecule has 0 radical (unpaired) electrons. The minimum Gasteiger partial charge on any atom is -0.481 e. The Morgan fingerprint density at radius 1 is 1.56 bits per heavy atom. The molecule has 0 aliphatic heterocycles. The molecule has 3 N–H and O–H groups in total. The van der Waals surface area contributed by atoms with Crippen molar-refractivity contribution in [1.82, 2.24) is 0 Å². The second-order valence-corrected chi connectivity index (χ2v) is 1.50. The first kappa shape index (κ1) is 16.1. The molecule has 0 rings (SSSR count). The maximum Gasteiger partial charge on any atom is 0.316 e. The molecule has 0 aromatic heterocycles. The number of hydrogen-bond donors (Lipinski definition) is 1. The van der Waals surface area contributed by atoms with Crippen LogP contribution in [0, 0.1) is 0 Å². The molecule has 0 bridgehead atoms. The first-order valence-electron chi connectivity index (χ1n) is 2.49. The van der Waals surface area contributed by atoms with E-state index in [9.17, 15) is 4.79 Å². The highest BCUT2D eigenvalue weighted by Crippen LogP contribution is 1.91. The number of rotatable bonds is 3. The zero-order valence-electron chi connectivity index (χ0n) is 4.98. The van der Waals surface area contributed by atoms with Crippen molar-refractivity contribution in [1.29, 1.82) is 0 Å². The van der Waals surface area contributed by atoms with E-state index >= 15 is 0 Å². The van der Waals surface area contributed by atoms with Gasteiger partial charge < -0.3 is 10.6 Å². The first-order valence-corrected chi connectivity index (χ1v) is 2.49. The van der Waals surface area contributed by atoms with Gasteiger partial charge in [-0.05, 0) is 6.42 Å². The molecule has 0 atom stereocenters. The molecular formula is C5H14MgO3. The fourth-order valence-corrected chi connectivity index (χ4v) is 0.328.